The van der Waals surface area contributed by atoms with Gasteiger partial charge in [-0.25, -0.2) is 9.98 Å². The number of thioether (sulfide) groups is 1. The smallest absolute Gasteiger partial charge is 0.252 e. The predicted molar refractivity (Wildman–Crippen MR) is 123 cm³/mol. The van der Waals surface area contributed by atoms with Crippen LogP contribution >= 0.6 is 11.8 Å². The van der Waals surface area contributed by atoms with E-state index in [2.05, 4.69) is 66.5 Å². The molecule has 0 aliphatic carbocycles. The standard InChI is InChI=1S/C24H27N3OS/c1-5-20-12-19(14-25-23(20)28)13-21-15-27(7-3)24(26-22(21)6-2)29-16-18-10-8-17(4)9-11-18/h8-12,14-15,20H,2,5,7,13,16H2,1,3-4H3. The van der Waals surface area contributed by atoms with E-state index in [0.717, 1.165) is 40.7 Å². The fourth-order valence-electron chi connectivity index (χ4n) is 3.22. The minimum absolute atomic E-state index is 0.0589. The van der Waals surface area contributed by atoms with Gasteiger partial charge in [-0.3, -0.25) is 4.79 Å². The van der Waals surface area contributed by atoms with E-state index in [0.29, 0.717) is 6.42 Å². The lowest BCUT2D eigenvalue weighted by molar-refractivity contribution is -0.120. The highest BCUT2D eigenvalue weighted by Crippen LogP contribution is 2.30. The van der Waals surface area contributed by atoms with E-state index in [9.17, 15) is 4.79 Å². The summed E-state index contributed by atoms with van der Waals surface area (Å²) in [6.07, 6.45) is 7.27. The minimum Gasteiger partial charge on any atom is -0.327 e. The van der Waals surface area contributed by atoms with Gasteiger partial charge >= 0.3 is 0 Å². The van der Waals surface area contributed by atoms with Gasteiger partial charge in [0.25, 0.3) is 5.91 Å². The lowest BCUT2D eigenvalue weighted by Gasteiger charge is -2.26. The van der Waals surface area contributed by atoms with Crippen molar-refractivity contribution in [3.05, 3.63) is 76.8 Å². The molecule has 5 heteroatoms. The second-order valence-electron chi connectivity index (χ2n) is 7.16. The molecule has 0 bridgehead atoms. The first-order valence-electron chi connectivity index (χ1n) is 9.97. The second-order valence-corrected chi connectivity index (χ2v) is 8.11. The summed E-state index contributed by atoms with van der Waals surface area (Å²) < 4.78 is 0. The number of aryl methyl sites for hydroxylation is 1. The highest BCUT2D eigenvalue weighted by Gasteiger charge is 2.22. The largest absolute Gasteiger partial charge is 0.327 e. The molecule has 1 amide bonds. The van der Waals surface area contributed by atoms with Gasteiger partial charge in [-0.1, -0.05) is 61.2 Å². The van der Waals surface area contributed by atoms with Crippen LogP contribution in [-0.2, 0) is 10.5 Å². The van der Waals surface area contributed by atoms with Crippen molar-refractivity contribution in [3.63, 3.8) is 0 Å². The molecule has 0 spiro atoms. The Labute approximate surface area is 177 Å². The number of aliphatic imine (C=N–C) groups is 2. The van der Waals surface area contributed by atoms with Crippen LogP contribution in [0.5, 0.6) is 0 Å². The third-order valence-corrected chi connectivity index (χ3v) is 6.05. The highest BCUT2D eigenvalue weighted by atomic mass is 32.2. The number of carbonyl (C=O) groups excluding carboxylic acids is 1. The van der Waals surface area contributed by atoms with Crippen molar-refractivity contribution < 1.29 is 4.79 Å². The molecule has 0 saturated carbocycles. The Morgan fingerprint density at radius 1 is 1.24 bits per heavy atom. The Bertz CT molecular complexity index is 947. The number of carbonyl (C=O) groups is 1. The predicted octanol–water partition coefficient (Wildman–Crippen LogP) is 5.43. The van der Waals surface area contributed by atoms with Gasteiger partial charge in [0.1, 0.15) is 5.70 Å². The van der Waals surface area contributed by atoms with Gasteiger partial charge in [-0.05, 0) is 31.4 Å². The molecule has 2 aliphatic rings. The Hall–Kier alpha value is -2.62. The van der Waals surface area contributed by atoms with Crippen molar-refractivity contribution in [1.29, 1.82) is 0 Å². The van der Waals surface area contributed by atoms with Crippen molar-refractivity contribution in [2.24, 2.45) is 15.9 Å². The third kappa shape index (κ3) is 5.26. The van der Waals surface area contributed by atoms with Crippen molar-refractivity contribution in [3.8, 4) is 0 Å². The highest BCUT2D eigenvalue weighted by molar-refractivity contribution is 8.13. The summed E-state index contributed by atoms with van der Waals surface area (Å²) in [5.41, 5.74) is 8.38. The van der Waals surface area contributed by atoms with Crippen molar-refractivity contribution >= 4 is 29.1 Å². The van der Waals surface area contributed by atoms with E-state index in [-0.39, 0.29) is 11.8 Å². The molecule has 0 aromatic heterocycles. The van der Waals surface area contributed by atoms with Crippen molar-refractivity contribution in [2.75, 3.05) is 6.54 Å². The van der Waals surface area contributed by atoms with Gasteiger partial charge in [0.2, 0.25) is 0 Å². The van der Waals surface area contributed by atoms with Crippen molar-refractivity contribution in [1.82, 2.24) is 4.90 Å². The Balaban J connectivity index is 1.74. The molecule has 1 atom stereocenters. The molecule has 4 nitrogen and oxygen atoms in total. The van der Waals surface area contributed by atoms with Crippen LogP contribution in [0.2, 0.25) is 0 Å². The lowest BCUT2D eigenvalue weighted by atomic mass is 9.95. The molecule has 0 saturated heterocycles. The van der Waals surface area contributed by atoms with Crippen LogP contribution < -0.4 is 0 Å². The molecule has 1 unspecified atom stereocenters. The van der Waals surface area contributed by atoms with Crippen molar-refractivity contribution in [2.45, 2.75) is 39.4 Å². The average Bonchev–Trinajstić information content (AvgIpc) is 2.74. The number of hydrogen-bond donors (Lipinski definition) is 0. The summed E-state index contributed by atoms with van der Waals surface area (Å²) in [5.74, 6) is 0.680. The molecular weight excluding hydrogens is 378 g/mol. The van der Waals surface area contributed by atoms with E-state index in [1.54, 1.807) is 18.0 Å². The van der Waals surface area contributed by atoms with Gasteiger partial charge in [-0.2, -0.15) is 0 Å². The number of allylic oxidation sites excluding steroid dienone is 2. The second kappa shape index (κ2) is 9.73. The molecule has 29 heavy (non-hydrogen) atoms. The van der Waals surface area contributed by atoms with Crippen LogP contribution in [0.3, 0.4) is 0 Å². The normalized spacial score (nSPS) is 18.9. The molecule has 2 aliphatic heterocycles. The molecular formula is C24H27N3OS. The fourth-order valence-corrected chi connectivity index (χ4v) is 4.22. The number of dihydropyridines is 1. The van der Waals surface area contributed by atoms with Crippen LogP contribution in [0.1, 0.15) is 37.8 Å². The first kappa shape index (κ1) is 21.1. The summed E-state index contributed by atoms with van der Waals surface area (Å²) >= 11 is 1.72. The quantitative estimate of drug-likeness (QED) is 0.593. The first-order valence-corrected chi connectivity index (χ1v) is 11.0. The van der Waals surface area contributed by atoms with Crippen LogP contribution in [0.25, 0.3) is 0 Å². The SMILES string of the molecule is C=C=C1N=C(SCc2ccc(C)cc2)N(CC)C=C1CC1=CC(CC)C(=O)N=C1. The Morgan fingerprint density at radius 2 is 2.00 bits per heavy atom. The maximum Gasteiger partial charge on any atom is 0.252 e. The zero-order valence-electron chi connectivity index (χ0n) is 17.3. The van der Waals surface area contributed by atoms with E-state index in [4.69, 9.17) is 4.99 Å². The Morgan fingerprint density at radius 3 is 2.66 bits per heavy atom. The molecule has 0 N–H and O–H groups in total. The maximum absolute atomic E-state index is 11.8. The average molecular weight is 406 g/mol. The monoisotopic (exact) mass is 405 g/mol. The van der Waals surface area contributed by atoms with E-state index in [1.807, 2.05) is 13.0 Å². The van der Waals surface area contributed by atoms with E-state index >= 15 is 0 Å². The van der Waals surface area contributed by atoms with Gasteiger partial charge in [0.15, 0.2) is 5.17 Å². The number of nitrogens with zero attached hydrogens (tertiary/aromatic N) is 3. The number of benzene rings is 1. The maximum atomic E-state index is 11.8. The molecule has 2 heterocycles. The molecule has 3 rings (SSSR count). The summed E-state index contributed by atoms with van der Waals surface area (Å²) in [6, 6.07) is 8.59. The molecule has 0 radical (unpaired) electrons. The zero-order chi connectivity index (χ0) is 20.8. The van der Waals surface area contributed by atoms with Crippen LogP contribution in [0, 0.1) is 12.8 Å². The summed E-state index contributed by atoms with van der Waals surface area (Å²) in [4.78, 5) is 22.9. The third-order valence-electron chi connectivity index (χ3n) is 4.99. The Kier molecular flexibility index (Phi) is 7.08. The summed E-state index contributed by atoms with van der Waals surface area (Å²) in [7, 11) is 0. The molecule has 1 aromatic rings. The first-order chi connectivity index (χ1) is 14.0. The zero-order valence-corrected chi connectivity index (χ0v) is 18.1. The lowest BCUT2D eigenvalue weighted by Crippen LogP contribution is -2.27. The van der Waals surface area contributed by atoms with Gasteiger partial charge in [0.05, 0.1) is 5.92 Å². The number of amidine groups is 1. The van der Waals surface area contributed by atoms with Gasteiger partial charge < -0.3 is 4.90 Å². The number of rotatable bonds is 6. The van der Waals surface area contributed by atoms with Crippen LogP contribution in [0.4, 0.5) is 0 Å². The topological polar surface area (TPSA) is 45.0 Å². The van der Waals surface area contributed by atoms with Crippen LogP contribution in [0.15, 0.2) is 75.7 Å². The number of amides is 1. The van der Waals surface area contributed by atoms with E-state index < -0.39 is 0 Å². The molecule has 1 aromatic carbocycles. The van der Waals surface area contributed by atoms with E-state index in [1.165, 1.54) is 11.1 Å². The molecule has 0 fully saturated rings. The molecule has 150 valence electrons. The van der Waals surface area contributed by atoms with Gasteiger partial charge in [0, 0.05) is 36.7 Å². The minimum atomic E-state index is -0.123. The number of hydrogen-bond acceptors (Lipinski definition) is 4. The van der Waals surface area contributed by atoms with Gasteiger partial charge in [-0.15, -0.1) is 5.73 Å². The summed E-state index contributed by atoms with van der Waals surface area (Å²) in [6.45, 7) is 10.9. The fraction of sp³-hybridized carbons (Fsp3) is 0.333. The summed E-state index contributed by atoms with van der Waals surface area (Å²) in [5, 5.41) is 0.955. The van der Waals surface area contributed by atoms with Crippen LogP contribution in [-0.4, -0.2) is 28.7 Å².